The molecule has 322 valence electrons. The number of aromatic nitrogens is 2. The second-order valence-corrected chi connectivity index (χ2v) is 15.9. The van der Waals surface area contributed by atoms with Gasteiger partial charge in [0, 0.05) is 47.9 Å². The van der Waals surface area contributed by atoms with Crippen molar-refractivity contribution in [1.29, 1.82) is 0 Å². The Morgan fingerprint density at radius 3 is 2.18 bits per heavy atom. The molecule has 61 heavy (non-hydrogen) atoms. The van der Waals surface area contributed by atoms with Gasteiger partial charge in [0.1, 0.15) is 12.3 Å². The van der Waals surface area contributed by atoms with Crippen molar-refractivity contribution < 1.29 is 42.2 Å². The molecule has 3 amide bonds. The van der Waals surface area contributed by atoms with Crippen molar-refractivity contribution in [3.8, 4) is 17.1 Å². The van der Waals surface area contributed by atoms with Crippen LogP contribution in [0.4, 0.5) is 18.9 Å². The molecule has 0 radical (unpaired) electrons. The van der Waals surface area contributed by atoms with Crippen LogP contribution in [0.25, 0.3) is 17.0 Å². The highest BCUT2D eigenvalue weighted by atomic mass is 19.4. The third kappa shape index (κ3) is 12.3. The summed E-state index contributed by atoms with van der Waals surface area (Å²) in [4.78, 5) is 61.1. The number of benzene rings is 3. The predicted octanol–water partition coefficient (Wildman–Crippen LogP) is 8.99. The summed E-state index contributed by atoms with van der Waals surface area (Å²) in [6.07, 6.45) is 10.7. The SMILES string of the molecule is CCC1CCC(C2CC=C(c3cnc(-c4ccc(CN(CC(=O)NCCC(=O)O)C(=O)c5ccc(NC(=O)Cc6ccc(OC)cc6C(F)(F)F)cc5)cc4)nc3)CC2)CC1. The maximum absolute atomic E-state index is 13.8. The van der Waals surface area contributed by atoms with Crippen LogP contribution in [-0.2, 0) is 33.5 Å². The highest BCUT2D eigenvalue weighted by Crippen LogP contribution is 2.42. The van der Waals surface area contributed by atoms with Gasteiger partial charge in [-0.25, -0.2) is 9.97 Å². The number of alkyl halides is 3. The number of allylic oxidation sites excluding steroid dienone is 2. The molecule has 0 aliphatic heterocycles. The van der Waals surface area contributed by atoms with E-state index in [1.807, 2.05) is 36.7 Å². The van der Waals surface area contributed by atoms with Gasteiger partial charge in [-0.3, -0.25) is 19.2 Å². The number of methoxy groups -OCH3 is 1. The van der Waals surface area contributed by atoms with E-state index >= 15 is 0 Å². The van der Waals surface area contributed by atoms with E-state index < -0.39 is 41.9 Å². The number of anilines is 1. The van der Waals surface area contributed by atoms with Crippen LogP contribution >= 0.6 is 0 Å². The van der Waals surface area contributed by atoms with Crippen molar-refractivity contribution >= 4 is 35.0 Å². The molecule has 1 fully saturated rings. The van der Waals surface area contributed by atoms with Crippen LogP contribution in [0.3, 0.4) is 0 Å². The Labute approximate surface area is 353 Å². The van der Waals surface area contributed by atoms with Crippen molar-refractivity contribution in [3.63, 3.8) is 0 Å². The summed E-state index contributed by atoms with van der Waals surface area (Å²) in [6, 6.07) is 16.5. The van der Waals surface area contributed by atoms with E-state index in [2.05, 4.69) is 33.6 Å². The monoisotopic (exact) mass is 839 g/mol. The molecule has 1 unspecified atom stereocenters. The van der Waals surface area contributed by atoms with Crippen molar-refractivity contribution in [1.82, 2.24) is 20.2 Å². The molecule has 1 atom stereocenters. The minimum atomic E-state index is -4.70. The number of amides is 3. The van der Waals surface area contributed by atoms with E-state index in [1.54, 1.807) is 0 Å². The van der Waals surface area contributed by atoms with Gasteiger partial charge >= 0.3 is 12.1 Å². The fourth-order valence-electron chi connectivity index (χ4n) is 8.33. The first-order chi connectivity index (χ1) is 29.3. The summed E-state index contributed by atoms with van der Waals surface area (Å²) >= 11 is 0. The quantitative estimate of drug-likeness (QED) is 0.101. The molecule has 11 nitrogen and oxygen atoms in total. The number of halogens is 3. The second kappa shape index (κ2) is 20.5. The van der Waals surface area contributed by atoms with Gasteiger partial charge in [0.2, 0.25) is 11.8 Å². The van der Waals surface area contributed by atoms with Crippen LogP contribution in [0.1, 0.15) is 97.3 Å². The number of ether oxygens (including phenoxy) is 1. The molecule has 14 heteroatoms. The summed E-state index contributed by atoms with van der Waals surface area (Å²) in [5.41, 5.74) is 3.03. The predicted molar refractivity (Wildman–Crippen MR) is 225 cm³/mol. The molecule has 6 rings (SSSR count). The summed E-state index contributed by atoms with van der Waals surface area (Å²) in [7, 11) is 1.25. The first kappa shape index (κ1) is 44.5. The number of carboxylic acid groups (broad SMARTS) is 1. The Bertz CT molecular complexity index is 2180. The normalized spacial score (nSPS) is 17.8. The van der Waals surface area contributed by atoms with Crippen molar-refractivity contribution in [3.05, 3.63) is 113 Å². The fraction of sp³-hybridized carbons (Fsp3) is 0.404. The molecule has 0 saturated heterocycles. The molecule has 2 aliphatic rings. The van der Waals surface area contributed by atoms with E-state index in [-0.39, 0.29) is 48.6 Å². The lowest BCUT2D eigenvalue weighted by Crippen LogP contribution is -2.40. The first-order valence-electron chi connectivity index (χ1n) is 20.8. The van der Waals surface area contributed by atoms with Gasteiger partial charge in [-0.1, -0.05) is 62.6 Å². The van der Waals surface area contributed by atoms with E-state index in [0.717, 1.165) is 47.8 Å². The Morgan fingerprint density at radius 2 is 1.57 bits per heavy atom. The van der Waals surface area contributed by atoms with Crippen LogP contribution in [0.2, 0.25) is 0 Å². The van der Waals surface area contributed by atoms with Crippen LogP contribution in [0, 0.1) is 17.8 Å². The maximum atomic E-state index is 13.8. The van der Waals surface area contributed by atoms with Crippen LogP contribution in [0.15, 0.2) is 85.2 Å². The molecule has 0 bridgehead atoms. The van der Waals surface area contributed by atoms with E-state index in [9.17, 15) is 32.3 Å². The second-order valence-electron chi connectivity index (χ2n) is 15.9. The Hall–Kier alpha value is -6.05. The number of carboxylic acids is 1. The number of hydrogen-bond donors (Lipinski definition) is 3. The van der Waals surface area contributed by atoms with Gasteiger partial charge in [0.15, 0.2) is 5.82 Å². The van der Waals surface area contributed by atoms with E-state index in [1.165, 1.54) is 92.5 Å². The van der Waals surface area contributed by atoms with Gasteiger partial charge < -0.3 is 25.4 Å². The van der Waals surface area contributed by atoms with E-state index in [0.29, 0.717) is 11.4 Å². The third-order valence-electron chi connectivity index (χ3n) is 11.9. The van der Waals surface area contributed by atoms with Gasteiger partial charge in [0.05, 0.1) is 25.5 Å². The number of carbonyl (C=O) groups excluding carboxylic acids is 3. The minimum Gasteiger partial charge on any atom is -0.497 e. The minimum absolute atomic E-state index is 0.00970. The third-order valence-corrected chi connectivity index (χ3v) is 11.9. The van der Waals surface area contributed by atoms with E-state index in [4.69, 9.17) is 9.84 Å². The zero-order valence-electron chi connectivity index (χ0n) is 34.5. The number of aliphatic carboxylic acids is 1. The Balaban J connectivity index is 1.09. The van der Waals surface area contributed by atoms with Crippen LogP contribution in [0.5, 0.6) is 5.75 Å². The van der Waals surface area contributed by atoms with Crippen LogP contribution in [-0.4, -0.2) is 63.9 Å². The zero-order valence-corrected chi connectivity index (χ0v) is 34.5. The average molecular weight is 840 g/mol. The number of carbonyl (C=O) groups is 4. The average Bonchev–Trinajstić information content (AvgIpc) is 3.26. The number of nitrogens with one attached hydrogen (secondary N) is 2. The molecule has 1 saturated carbocycles. The molecular weight excluding hydrogens is 788 g/mol. The zero-order chi connectivity index (χ0) is 43.5. The largest absolute Gasteiger partial charge is 0.497 e. The lowest BCUT2D eigenvalue weighted by atomic mass is 9.71. The topological polar surface area (TPSA) is 151 Å². The molecule has 3 N–H and O–H groups in total. The summed E-state index contributed by atoms with van der Waals surface area (Å²) in [6.45, 7) is 1.85. The van der Waals surface area contributed by atoms with Crippen LogP contribution < -0.4 is 15.4 Å². The molecule has 1 heterocycles. The smallest absolute Gasteiger partial charge is 0.416 e. The van der Waals surface area contributed by atoms with Crippen molar-refractivity contribution in [2.75, 3.05) is 25.5 Å². The van der Waals surface area contributed by atoms with Gasteiger partial charge in [-0.2, -0.15) is 13.2 Å². The van der Waals surface area contributed by atoms with Gasteiger partial charge in [0.25, 0.3) is 5.91 Å². The fourth-order valence-corrected chi connectivity index (χ4v) is 8.33. The highest BCUT2D eigenvalue weighted by Gasteiger charge is 2.34. The summed E-state index contributed by atoms with van der Waals surface area (Å²) < 4.78 is 45.9. The molecule has 0 spiro atoms. The number of hydrogen-bond acceptors (Lipinski definition) is 7. The highest BCUT2D eigenvalue weighted by molar-refractivity contribution is 5.98. The first-order valence-corrected chi connectivity index (χ1v) is 20.8. The molecular formula is C47H52F3N5O6. The lowest BCUT2D eigenvalue weighted by Gasteiger charge is -2.35. The molecule has 2 aliphatic carbocycles. The number of rotatable bonds is 16. The Morgan fingerprint density at radius 1 is 0.869 bits per heavy atom. The standard InChI is InChI=1S/C47H52F3N5O6/c1-3-30-4-8-32(9-5-30)33-12-14-34(15-13-33)38-26-52-45(53-27-38)35-10-6-31(7-11-35)28-55(29-43(57)51-23-22-44(58)59)46(60)36-16-19-39(20-17-36)54-42(56)24-37-18-21-40(61-2)25-41(37)47(48,49)50/h6-7,10-11,14,16-21,25-27,30,32-33H,3-5,8-9,12-13,15,22-24,28-29H2,1-2H3,(H,51,57)(H,54,56)(H,58,59). The summed E-state index contributed by atoms with van der Waals surface area (Å²) in [5, 5.41) is 14.1. The molecule has 4 aromatic rings. The molecule has 1 aromatic heterocycles. The van der Waals surface area contributed by atoms with Gasteiger partial charge in [-0.15, -0.1) is 0 Å². The van der Waals surface area contributed by atoms with Gasteiger partial charge in [-0.05, 0) is 103 Å². The number of nitrogens with zero attached hydrogens (tertiary/aromatic N) is 3. The maximum Gasteiger partial charge on any atom is 0.416 e. The lowest BCUT2D eigenvalue weighted by molar-refractivity contribution is -0.139. The summed E-state index contributed by atoms with van der Waals surface area (Å²) in [5.74, 6) is 0.215. The molecule has 3 aromatic carbocycles. The van der Waals surface area contributed by atoms with Crippen molar-refractivity contribution in [2.45, 2.75) is 83.9 Å². The Kier molecular flexibility index (Phi) is 14.9. The van der Waals surface area contributed by atoms with Crippen molar-refractivity contribution in [2.24, 2.45) is 17.8 Å².